The molecule has 3 N–H and O–H groups in total. The number of nitrogens with zero attached hydrogens (tertiary/aromatic N) is 4. The Morgan fingerprint density at radius 3 is 3.21 bits per heavy atom. The third kappa shape index (κ3) is 1.93. The summed E-state index contributed by atoms with van der Waals surface area (Å²) in [4.78, 5) is 12.1. The molecule has 0 radical (unpaired) electrons. The van der Waals surface area contributed by atoms with E-state index in [1.807, 2.05) is 0 Å². The number of aliphatic hydroxyl groups excluding tert-OH is 2. The smallest absolute Gasteiger partial charge is 0.167 e. The van der Waals surface area contributed by atoms with Gasteiger partial charge in [-0.25, -0.2) is 15.0 Å². The van der Waals surface area contributed by atoms with Gasteiger partial charge in [0.1, 0.15) is 24.2 Å². The maximum atomic E-state index is 9.80. The standard InChI is InChI=1S/C11H15N5O3/c1-12-10-9-11(14-4-13-10)16(5-15-9)8-2-6(18)7(3-17)19-8/h4-8,17-18H,2-3H2,1H3,(H,12,13,14)/t6?,7-,8-/m1/s1/i1D3. The van der Waals surface area contributed by atoms with E-state index >= 15 is 0 Å². The predicted molar refractivity (Wildman–Crippen MR) is 66.5 cm³/mol. The van der Waals surface area contributed by atoms with E-state index < -0.39 is 25.4 Å². The number of aliphatic hydroxyl groups is 2. The highest BCUT2D eigenvalue weighted by Gasteiger charge is 2.35. The highest BCUT2D eigenvalue weighted by atomic mass is 16.5. The predicted octanol–water partition coefficient (Wildman–Crippen LogP) is -0.491. The van der Waals surface area contributed by atoms with E-state index in [0.717, 1.165) is 0 Å². The molecule has 3 rings (SSSR count). The van der Waals surface area contributed by atoms with Gasteiger partial charge in [0.25, 0.3) is 0 Å². The molecule has 8 nitrogen and oxygen atoms in total. The molecule has 0 saturated carbocycles. The average molecular weight is 268 g/mol. The van der Waals surface area contributed by atoms with Crippen LogP contribution in [0.25, 0.3) is 11.2 Å². The van der Waals surface area contributed by atoms with Gasteiger partial charge in [-0.2, -0.15) is 0 Å². The van der Waals surface area contributed by atoms with Gasteiger partial charge in [0.15, 0.2) is 11.5 Å². The van der Waals surface area contributed by atoms with Crippen LogP contribution in [0, 0.1) is 0 Å². The van der Waals surface area contributed by atoms with E-state index in [2.05, 4.69) is 20.3 Å². The molecule has 0 aromatic carbocycles. The second-order valence-electron chi connectivity index (χ2n) is 4.29. The van der Waals surface area contributed by atoms with Crippen LogP contribution in [0.3, 0.4) is 0 Å². The lowest BCUT2D eigenvalue weighted by Crippen LogP contribution is -2.24. The molecule has 102 valence electrons. The van der Waals surface area contributed by atoms with Crippen molar-refractivity contribution in [2.24, 2.45) is 0 Å². The number of imidazole rings is 1. The van der Waals surface area contributed by atoms with Crippen LogP contribution in [0.1, 0.15) is 16.8 Å². The SMILES string of the molecule is [2H]C([2H])([2H])Nc1ncnc2c1ncn2[C@H]1CC(O)[C@@H](CO)O1. The monoisotopic (exact) mass is 268 g/mol. The average Bonchev–Trinajstić information content (AvgIpc) is 3.00. The summed E-state index contributed by atoms with van der Waals surface area (Å²) in [6.45, 7) is -2.68. The number of aromatic nitrogens is 4. The zero-order chi connectivity index (χ0) is 15.9. The third-order valence-electron chi connectivity index (χ3n) is 3.17. The minimum absolute atomic E-state index is 0.0982. The topological polar surface area (TPSA) is 105 Å². The quantitative estimate of drug-likeness (QED) is 0.689. The molecule has 1 fully saturated rings. The highest BCUT2D eigenvalue weighted by molar-refractivity contribution is 5.82. The molecule has 0 amide bonds. The van der Waals surface area contributed by atoms with Crippen molar-refractivity contribution in [2.75, 3.05) is 18.9 Å². The summed E-state index contributed by atoms with van der Waals surface area (Å²) in [6, 6.07) is 0. The summed E-state index contributed by atoms with van der Waals surface area (Å²) in [5.41, 5.74) is 0.682. The Kier molecular flexibility index (Phi) is 2.28. The first-order valence-corrected chi connectivity index (χ1v) is 5.79. The van der Waals surface area contributed by atoms with Crippen molar-refractivity contribution in [3.05, 3.63) is 12.7 Å². The number of hydrogen-bond acceptors (Lipinski definition) is 7. The van der Waals surface area contributed by atoms with Gasteiger partial charge in [-0.05, 0) is 0 Å². The molecule has 1 unspecified atom stereocenters. The lowest BCUT2D eigenvalue weighted by molar-refractivity contribution is -0.0432. The van der Waals surface area contributed by atoms with Crippen molar-refractivity contribution in [2.45, 2.75) is 24.9 Å². The molecule has 0 spiro atoms. The first kappa shape index (κ1) is 9.18. The maximum Gasteiger partial charge on any atom is 0.167 e. The van der Waals surface area contributed by atoms with Crippen LogP contribution in [-0.2, 0) is 4.74 Å². The summed E-state index contributed by atoms with van der Waals surface area (Å²) in [5.74, 6) is 0.0982. The number of anilines is 1. The number of fused-ring (bicyclic) bond motifs is 1. The molecule has 2 aromatic heterocycles. The van der Waals surface area contributed by atoms with E-state index in [-0.39, 0.29) is 18.8 Å². The molecule has 2 aromatic rings. The first-order valence-electron chi connectivity index (χ1n) is 7.29. The van der Waals surface area contributed by atoms with Crippen LogP contribution in [0.5, 0.6) is 0 Å². The molecule has 19 heavy (non-hydrogen) atoms. The van der Waals surface area contributed by atoms with Gasteiger partial charge in [0.2, 0.25) is 0 Å². The molecule has 1 aliphatic rings. The van der Waals surface area contributed by atoms with E-state index in [1.54, 1.807) is 4.57 Å². The first-order chi connectivity index (χ1) is 10.4. The fraction of sp³-hybridized carbons (Fsp3) is 0.545. The van der Waals surface area contributed by atoms with Crippen LogP contribution in [0.4, 0.5) is 5.82 Å². The van der Waals surface area contributed by atoms with Crippen LogP contribution < -0.4 is 5.32 Å². The Bertz CT molecular complexity index is 677. The van der Waals surface area contributed by atoms with Gasteiger partial charge in [0.05, 0.1) is 19.0 Å². The summed E-state index contributed by atoms with van der Waals surface area (Å²) in [6.07, 6.45) is 0.971. The van der Waals surface area contributed by atoms with Crippen molar-refractivity contribution in [1.82, 2.24) is 19.5 Å². The van der Waals surface area contributed by atoms with E-state index in [9.17, 15) is 5.11 Å². The number of nitrogens with one attached hydrogen (secondary N) is 1. The molecule has 3 atom stereocenters. The van der Waals surface area contributed by atoms with Gasteiger partial charge < -0.3 is 20.3 Å². The normalized spacial score (nSPS) is 30.0. The molecule has 0 aliphatic carbocycles. The minimum atomic E-state index is -2.40. The van der Waals surface area contributed by atoms with Gasteiger partial charge in [-0.15, -0.1) is 0 Å². The molecule has 0 bridgehead atoms. The van der Waals surface area contributed by atoms with Crippen molar-refractivity contribution in [3.63, 3.8) is 0 Å². The number of ether oxygens (including phenoxy) is 1. The van der Waals surface area contributed by atoms with Crippen LogP contribution in [0.15, 0.2) is 12.7 Å². The molecule has 3 heterocycles. The van der Waals surface area contributed by atoms with Crippen LogP contribution in [0.2, 0.25) is 0 Å². The second-order valence-corrected chi connectivity index (χ2v) is 4.29. The molecule has 1 aliphatic heterocycles. The second kappa shape index (κ2) is 4.72. The van der Waals surface area contributed by atoms with Gasteiger partial charge in [-0.3, -0.25) is 4.57 Å². The number of rotatable bonds is 3. The van der Waals surface area contributed by atoms with Crippen LogP contribution in [-0.4, -0.2) is 55.5 Å². The van der Waals surface area contributed by atoms with Crippen molar-refractivity contribution < 1.29 is 19.1 Å². The van der Waals surface area contributed by atoms with Gasteiger partial charge in [-0.1, -0.05) is 0 Å². The lowest BCUT2D eigenvalue weighted by atomic mass is 10.2. The Labute approximate surface area is 113 Å². The largest absolute Gasteiger partial charge is 0.394 e. The molecule has 8 heteroatoms. The Morgan fingerprint density at radius 2 is 2.47 bits per heavy atom. The fourth-order valence-electron chi connectivity index (χ4n) is 2.20. The van der Waals surface area contributed by atoms with E-state index in [1.165, 1.54) is 12.7 Å². The number of hydrogen-bond donors (Lipinski definition) is 3. The molecular weight excluding hydrogens is 250 g/mol. The minimum Gasteiger partial charge on any atom is -0.394 e. The van der Waals surface area contributed by atoms with Gasteiger partial charge >= 0.3 is 0 Å². The summed E-state index contributed by atoms with van der Waals surface area (Å²) in [7, 11) is 0. The van der Waals surface area contributed by atoms with E-state index in [4.69, 9.17) is 14.0 Å². The third-order valence-corrected chi connectivity index (χ3v) is 3.17. The van der Waals surface area contributed by atoms with Crippen molar-refractivity contribution in [1.29, 1.82) is 0 Å². The lowest BCUT2D eigenvalue weighted by Gasteiger charge is -2.13. The zero-order valence-electron chi connectivity index (χ0n) is 12.9. The van der Waals surface area contributed by atoms with Crippen LogP contribution >= 0.6 is 0 Å². The fourth-order valence-corrected chi connectivity index (χ4v) is 2.20. The molecule has 1 saturated heterocycles. The molecular formula is C11H15N5O3. The Hall–Kier alpha value is -1.77. The van der Waals surface area contributed by atoms with Gasteiger partial charge in [0, 0.05) is 17.5 Å². The highest BCUT2D eigenvalue weighted by Crippen LogP contribution is 2.31. The van der Waals surface area contributed by atoms with E-state index in [0.29, 0.717) is 11.2 Å². The summed E-state index contributed by atoms with van der Waals surface area (Å²) in [5, 5.41) is 21.2. The zero-order valence-corrected chi connectivity index (χ0v) is 9.89. The maximum absolute atomic E-state index is 9.80. The Balaban J connectivity index is 1.95. The Morgan fingerprint density at radius 1 is 1.58 bits per heavy atom. The van der Waals surface area contributed by atoms with Crippen molar-refractivity contribution in [3.8, 4) is 0 Å². The summed E-state index contributed by atoms with van der Waals surface area (Å²) < 4.78 is 28.8. The summed E-state index contributed by atoms with van der Waals surface area (Å²) >= 11 is 0. The van der Waals surface area contributed by atoms with Crippen molar-refractivity contribution >= 4 is 17.0 Å².